The van der Waals surface area contributed by atoms with Gasteiger partial charge in [0.25, 0.3) is 0 Å². The molecule has 0 fully saturated rings. The van der Waals surface area contributed by atoms with E-state index in [1.807, 2.05) is 33.3 Å². The normalized spacial score (nSPS) is 13.7. The van der Waals surface area contributed by atoms with E-state index >= 15 is 0 Å². The Labute approximate surface area is 249 Å². The van der Waals surface area contributed by atoms with E-state index < -0.39 is 18.1 Å². The first-order chi connectivity index (χ1) is 19.6. The van der Waals surface area contributed by atoms with Crippen molar-refractivity contribution >= 4 is 17.9 Å². The van der Waals surface area contributed by atoms with E-state index in [1.165, 1.54) is 12.8 Å². The van der Waals surface area contributed by atoms with E-state index in [9.17, 15) is 19.5 Å². The molecule has 1 N–H and O–H groups in total. The smallest absolute Gasteiger partial charge is 0.362 e. The van der Waals surface area contributed by atoms with E-state index in [0.717, 1.165) is 51.4 Å². The fraction of sp³-hybridized carbons (Fsp3) is 0.727. The second kappa shape index (κ2) is 25.3. The highest BCUT2D eigenvalue weighted by Gasteiger charge is 2.31. The van der Waals surface area contributed by atoms with Gasteiger partial charge in [-0.25, -0.2) is 4.79 Å². The fourth-order valence-corrected chi connectivity index (χ4v) is 4.07. The van der Waals surface area contributed by atoms with E-state index in [0.29, 0.717) is 19.3 Å². The van der Waals surface area contributed by atoms with Gasteiger partial charge in [-0.15, -0.1) is 0 Å². The van der Waals surface area contributed by atoms with Crippen LogP contribution < -0.4 is 0 Å². The highest BCUT2D eigenvalue weighted by Crippen LogP contribution is 2.11. The Hall–Kier alpha value is -2.45. The van der Waals surface area contributed by atoms with Gasteiger partial charge in [0.2, 0.25) is 0 Å². The molecule has 0 radical (unpaired) electrons. The number of rotatable bonds is 26. The third kappa shape index (κ3) is 23.9. The lowest BCUT2D eigenvalue weighted by molar-refractivity contribution is -0.887. The topological polar surface area (TPSA) is 99.1 Å². The van der Waals surface area contributed by atoms with Gasteiger partial charge in [-0.05, 0) is 44.9 Å². The highest BCUT2D eigenvalue weighted by atomic mass is 16.6. The maximum absolute atomic E-state index is 12.4. The molecule has 0 aromatic heterocycles. The van der Waals surface area contributed by atoms with Gasteiger partial charge < -0.3 is 23.8 Å². The largest absolute Gasteiger partial charge is 0.477 e. The summed E-state index contributed by atoms with van der Waals surface area (Å²) in [5.41, 5.74) is 0. The van der Waals surface area contributed by atoms with Crippen LogP contribution in [-0.4, -0.2) is 80.6 Å². The molecule has 0 spiro atoms. The van der Waals surface area contributed by atoms with Gasteiger partial charge in [-0.1, -0.05) is 76.0 Å². The van der Waals surface area contributed by atoms with Crippen LogP contribution >= 0.6 is 0 Å². The van der Waals surface area contributed by atoms with Crippen LogP contribution in [0.3, 0.4) is 0 Å². The zero-order valence-corrected chi connectivity index (χ0v) is 26.5. The van der Waals surface area contributed by atoms with Crippen molar-refractivity contribution in [2.45, 2.75) is 116 Å². The minimum Gasteiger partial charge on any atom is -0.477 e. The maximum atomic E-state index is 12.4. The Bertz CT molecular complexity index is 783. The van der Waals surface area contributed by atoms with Gasteiger partial charge in [0.15, 0.2) is 12.1 Å². The summed E-state index contributed by atoms with van der Waals surface area (Å²) in [7, 11) is 5.47. The number of nitrogens with zero attached hydrogens (tertiary/aromatic N) is 1. The van der Waals surface area contributed by atoms with Crippen LogP contribution in [0.1, 0.15) is 104 Å². The molecular weight excluding hydrogens is 522 g/mol. The van der Waals surface area contributed by atoms with Gasteiger partial charge in [-0.2, -0.15) is 0 Å². The average molecular weight is 581 g/mol. The molecule has 0 heterocycles. The van der Waals surface area contributed by atoms with Crippen LogP contribution in [0.4, 0.5) is 0 Å². The summed E-state index contributed by atoms with van der Waals surface area (Å²) in [6.07, 6.45) is 23.8. The van der Waals surface area contributed by atoms with Crippen molar-refractivity contribution in [3.05, 3.63) is 36.5 Å². The number of ether oxygens (including phenoxy) is 3. The molecule has 41 heavy (non-hydrogen) atoms. The number of carbonyl (C=O) groups excluding carboxylic acids is 2. The summed E-state index contributed by atoms with van der Waals surface area (Å²) < 4.78 is 16.9. The number of aliphatic carboxylic acids is 1. The zero-order valence-electron chi connectivity index (χ0n) is 26.5. The Morgan fingerprint density at radius 1 is 0.756 bits per heavy atom. The Kier molecular flexibility index (Phi) is 23.8. The van der Waals surface area contributed by atoms with E-state index in [-0.39, 0.29) is 42.7 Å². The second-order valence-electron chi connectivity index (χ2n) is 11.3. The van der Waals surface area contributed by atoms with Gasteiger partial charge >= 0.3 is 17.9 Å². The number of unbranched alkanes of at least 4 members (excludes halogenated alkanes) is 6. The number of carbonyl (C=O) groups is 3. The van der Waals surface area contributed by atoms with E-state index in [4.69, 9.17) is 14.2 Å². The van der Waals surface area contributed by atoms with Gasteiger partial charge in [0, 0.05) is 19.3 Å². The highest BCUT2D eigenvalue weighted by molar-refractivity contribution is 5.72. The predicted octanol–water partition coefficient (Wildman–Crippen LogP) is 6.79. The van der Waals surface area contributed by atoms with E-state index in [1.54, 1.807) is 0 Å². The Morgan fingerprint density at radius 3 is 2.07 bits per heavy atom. The van der Waals surface area contributed by atoms with Gasteiger partial charge in [0.1, 0.15) is 6.61 Å². The lowest BCUT2D eigenvalue weighted by Gasteiger charge is -2.31. The van der Waals surface area contributed by atoms with Crippen LogP contribution in [0, 0.1) is 0 Å². The predicted molar refractivity (Wildman–Crippen MR) is 165 cm³/mol. The molecule has 8 heteroatoms. The lowest BCUT2D eigenvalue weighted by atomic mass is 10.1. The number of hydrogen-bond donors (Lipinski definition) is 1. The van der Waals surface area contributed by atoms with Crippen LogP contribution in [0.25, 0.3) is 0 Å². The minimum atomic E-state index is -0.889. The quantitative estimate of drug-likeness (QED) is 0.0521. The van der Waals surface area contributed by atoms with Gasteiger partial charge in [0.05, 0.1) is 34.4 Å². The number of likely N-dealkylation sites (N-methyl/N-ethyl adjacent to an activating group) is 1. The molecule has 0 amide bonds. The monoisotopic (exact) mass is 580 g/mol. The molecule has 0 saturated heterocycles. The number of quaternary nitrogens is 1. The number of hydrogen-bond acceptors (Lipinski definition) is 6. The maximum Gasteiger partial charge on any atom is 0.362 e. The molecule has 0 aliphatic carbocycles. The minimum absolute atomic E-state index is 0.0337. The lowest BCUT2D eigenvalue weighted by Crippen LogP contribution is -2.50. The molecule has 0 saturated carbocycles. The SMILES string of the molecule is CC/C=C/C/C=C/CCC(=O)OC(COCCC(C(=O)O)[N+](C)(C)C)COC(=O)CCCCCC/C=C/CCCC. The fourth-order valence-electron chi connectivity index (χ4n) is 4.07. The summed E-state index contributed by atoms with van der Waals surface area (Å²) >= 11 is 0. The van der Waals surface area contributed by atoms with Crippen molar-refractivity contribution in [3.63, 3.8) is 0 Å². The van der Waals surface area contributed by atoms with Crippen LogP contribution in [-0.2, 0) is 28.6 Å². The van der Waals surface area contributed by atoms with Crippen molar-refractivity contribution in [2.24, 2.45) is 0 Å². The summed E-state index contributed by atoms with van der Waals surface area (Å²) in [5, 5.41) is 9.51. The summed E-state index contributed by atoms with van der Waals surface area (Å²) in [4.78, 5) is 36.3. The number of carboxylic acids is 1. The zero-order chi connectivity index (χ0) is 30.8. The van der Waals surface area contributed by atoms with Crippen molar-refractivity contribution in [1.82, 2.24) is 0 Å². The average Bonchev–Trinajstić information content (AvgIpc) is 2.91. The summed E-state index contributed by atoms with van der Waals surface area (Å²) in [5.74, 6) is -1.59. The van der Waals surface area contributed by atoms with Gasteiger partial charge in [-0.3, -0.25) is 9.59 Å². The molecule has 0 aliphatic rings. The number of allylic oxidation sites excluding steroid dienone is 6. The molecule has 0 rings (SSSR count). The first-order valence-electron chi connectivity index (χ1n) is 15.5. The third-order valence-corrected chi connectivity index (χ3v) is 6.54. The molecule has 8 nitrogen and oxygen atoms in total. The number of esters is 2. The van der Waals surface area contributed by atoms with Crippen LogP contribution in [0.5, 0.6) is 0 Å². The molecule has 0 aliphatic heterocycles. The third-order valence-electron chi connectivity index (χ3n) is 6.54. The van der Waals surface area contributed by atoms with Crippen molar-refractivity contribution < 1.29 is 38.2 Å². The van der Waals surface area contributed by atoms with Crippen LogP contribution in [0.15, 0.2) is 36.5 Å². The van der Waals surface area contributed by atoms with Crippen molar-refractivity contribution in [1.29, 1.82) is 0 Å². The first-order valence-corrected chi connectivity index (χ1v) is 15.5. The molecule has 0 bridgehead atoms. The second-order valence-corrected chi connectivity index (χ2v) is 11.3. The molecule has 2 unspecified atom stereocenters. The van der Waals surface area contributed by atoms with Crippen LogP contribution in [0.2, 0.25) is 0 Å². The van der Waals surface area contributed by atoms with Crippen molar-refractivity contribution in [2.75, 3.05) is 41.0 Å². The van der Waals surface area contributed by atoms with E-state index in [2.05, 4.69) is 38.2 Å². The Balaban J connectivity index is 4.58. The molecule has 236 valence electrons. The van der Waals surface area contributed by atoms with Crippen molar-refractivity contribution in [3.8, 4) is 0 Å². The standard InChI is InChI=1S/C33H57NO7/c1-6-8-10-12-14-15-16-18-19-21-23-31(35)40-28-29(27-39-26-25-30(33(37)38)34(3,4)5)41-32(36)24-22-20-17-13-11-9-7-2/h9,11-12,14,17,20,29-30H,6-8,10,13,15-16,18-19,21-28H2,1-5H3/p+1/b11-9+,14-12+,20-17+. The first kappa shape index (κ1) is 38.5. The Morgan fingerprint density at radius 2 is 1.41 bits per heavy atom. The molecule has 2 atom stereocenters. The molecule has 0 aromatic rings. The summed E-state index contributed by atoms with van der Waals surface area (Å²) in [6.45, 7) is 4.42. The molecule has 0 aromatic carbocycles. The molecular formula is C33H58NO7+. The number of carboxylic acid groups (broad SMARTS) is 1. The summed E-state index contributed by atoms with van der Waals surface area (Å²) in [6, 6.07) is -0.620.